The Morgan fingerprint density at radius 3 is 2.46 bits per heavy atom. The van der Waals surface area contributed by atoms with E-state index in [9.17, 15) is 0 Å². The van der Waals surface area contributed by atoms with Crippen molar-refractivity contribution in [1.29, 1.82) is 0 Å². The zero-order valence-corrected chi connectivity index (χ0v) is 13.8. The van der Waals surface area contributed by atoms with Crippen LogP contribution in [0.15, 0.2) is 65.8 Å². The number of para-hydroxylation sites is 1. The molecule has 24 heavy (non-hydrogen) atoms. The van der Waals surface area contributed by atoms with Gasteiger partial charge in [-0.15, -0.1) is 0 Å². The number of rotatable bonds is 6. The number of nitrogens with zero attached hydrogens (tertiary/aromatic N) is 1. The van der Waals surface area contributed by atoms with E-state index in [1.165, 1.54) is 0 Å². The topological polar surface area (TPSA) is 42.8 Å². The Balaban J connectivity index is 1.80. The van der Waals surface area contributed by atoms with Gasteiger partial charge in [0.25, 0.3) is 0 Å². The quantitative estimate of drug-likeness (QED) is 0.552. The van der Waals surface area contributed by atoms with Crippen LogP contribution in [0.5, 0.6) is 11.5 Å². The van der Waals surface area contributed by atoms with Gasteiger partial charge in [0, 0.05) is 11.1 Å². The van der Waals surface area contributed by atoms with E-state index < -0.39 is 0 Å². The van der Waals surface area contributed by atoms with Gasteiger partial charge in [0.1, 0.15) is 11.5 Å². The Morgan fingerprint density at radius 1 is 0.875 bits per heavy atom. The van der Waals surface area contributed by atoms with Crippen LogP contribution in [-0.4, -0.2) is 20.4 Å². The van der Waals surface area contributed by atoms with Crippen molar-refractivity contribution in [2.45, 2.75) is 6.54 Å². The van der Waals surface area contributed by atoms with Gasteiger partial charge in [-0.1, -0.05) is 48.5 Å². The summed E-state index contributed by atoms with van der Waals surface area (Å²) in [7, 11) is 3.34. The van der Waals surface area contributed by atoms with E-state index in [0.29, 0.717) is 6.54 Å². The van der Waals surface area contributed by atoms with Crippen molar-refractivity contribution in [2.75, 3.05) is 14.2 Å². The highest BCUT2D eigenvalue weighted by atomic mass is 16.5. The monoisotopic (exact) mass is 320 g/mol. The molecule has 0 aromatic heterocycles. The maximum Gasteiger partial charge on any atom is 0.128 e. The number of ether oxygens (including phenoxy) is 2. The van der Waals surface area contributed by atoms with Gasteiger partial charge >= 0.3 is 0 Å². The van der Waals surface area contributed by atoms with E-state index in [1.54, 1.807) is 20.4 Å². The summed E-state index contributed by atoms with van der Waals surface area (Å²) in [5.41, 5.74) is 5.09. The lowest BCUT2D eigenvalue weighted by atomic mass is 10.0. The minimum atomic E-state index is 0.591. The molecule has 0 aliphatic carbocycles. The zero-order valence-electron chi connectivity index (χ0n) is 13.8. The molecule has 3 rings (SSSR count). The van der Waals surface area contributed by atoms with Crippen molar-refractivity contribution in [2.24, 2.45) is 5.10 Å². The molecule has 1 N–H and O–H groups in total. The van der Waals surface area contributed by atoms with Crippen molar-refractivity contribution in [3.8, 4) is 11.5 Å². The molecule has 0 bridgehead atoms. The summed E-state index contributed by atoms with van der Waals surface area (Å²) in [6.07, 6.45) is 1.80. The van der Waals surface area contributed by atoms with Gasteiger partial charge in [-0.3, -0.25) is 0 Å². The van der Waals surface area contributed by atoms with Crippen LogP contribution in [-0.2, 0) is 6.54 Å². The van der Waals surface area contributed by atoms with E-state index in [0.717, 1.165) is 33.4 Å². The highest BCUT2D eigenvalue weighted by Gasteiger charge is 2.06. The second-order valence-corrected chi connectivity index (χ2v) is 5.31. The van der Waals surface area contributed by atoms with Crippen molar-refractivity contribution < 1.29 is 9.47 Å². The van der Waals surface area contributed by atoms with Gasteiger partial charge in [0.05, 0.1) is 27.0 Å². The van der Waals surface area contributed by atoms with Crippen molar-refractivity contribution in [1.82, 2.24) is 5.43 Å². The number of benzene rings is 3. The number of hydrogen-bond acceptors (Lipinski definition) is 4. The lowest BCUT2D eigenvalue weighted by molar-refractivity contribution is 0.408. The van der Waals surface area contributed by atoms with Crippen LogP contribution >= 0.6 is 0 Å². The molecule has 0 unspecified atom stereocenters. The smallest absolute Gasteiger partial charge is 0.128 e. The van der Waals surface area contributed by atoms with E-state index in [2.05, 4.69) is 22.7 Å². The van der Waals surface area contributed by atoms with Gasteiger partial charge in [-0.25, -0.2) is 0 Å². The summed E-state index contributed by atoms with van der Waals surface area (Å²) in [6.45, 7) is 0.591. The molecule has 3 aromatic carbocycles. The van der Waals surface area contributed by atoms with Gasteiger partial charge in [0.2, 0.25) is 0 Å². The van der Waals surface area contributed by atoms with Crippen LogP contribution in [0.3, 0.4) is 0 Å². The first kappa shape index (κ1) is 15.9. The van der Waals surface area contributed by atoms with E-state index in [4.69, 9.17) is 9.47 Å². The average molecular weight is 320 g/mol. The number of methoxy groups -OCH3 is 2. The molecule has 0 heterocycles. The molecule has 4 nitrogen and oxygen atoms in total. The van der Waals surface area contributed by atoms with Crippen LogP contribution in [0.25, 0.3) is 10.8 Å². The summed E-state index contributed by atoms with van der Waals surface area (Å²) < 4.78 is 10.8. The largest absolute Gasteiger partial charge is 0.496 e. The summed E-state index contributed by atoms with van der Waals surface area (Å²) in [4.78, 5) is 0. The maximum absolute atomic E-state index is 5.47. The molecule has 0 atom stereocenters. The molecular formula is C20H20N2O2. The lowest BCUT2D eigenvalue weighted by Gasteiger charge is -2.09. The third-order valence-corrected chi connectivity index (χ3v) is 3.90. The third-order valence-electron chi connectivity index (χ3n) is 3.90. The van der Waals surface area contributed by atoms with Gasteiger partial charge in [-0.2, -0.15) is 5.10 Å². The number of hydrazone groups is 1. The van der Waals surface area contributed by atoms with E-state index in [1.807, 2.05) is 48.5 Å². The SMILES string of the molecule is COc1ccccc1CN/N=C\c1c(OC)ccc2ccccc12. The average Bonchev–Trinajstić information content (AvgIpc) is 2.65. The molecule has 0 saturated carbocycles. The highest BCUT2D eigenvalue weighted by molar-refractivity contribution is 6.02. The van der Waals surface area contributed by atoms with E-state index >= 15 is 0 Å². The summed E-state index contributed by atoms with van der Waals surface area (Å²) in [5, 5.41) is 6.63. The van der Waals surface area contributed by atoms with Crippen LogP contribution in [0.1, 0.15) is 11.1 Å². The molecule has 3 aromatic rings. The molecule has 0 saturated heterocycles. The standard InChI is InChI=1S/C20H20N2O2/c1-23-19-10-6-4-8-16(19)13-21-22-14-18-17-9-5-3-7-15(17)11-12-20(18)24-2/h3-12,14,21H,13H2,1-2H3/b22-14-. The van der Waals surface area contributed by atoms with Crippen LogP contribution in [0, 0.1) is 0 Å². The number of nitrogens with one attached hydrogen (secondary N) is 1. The number of hydrogen-bond donors (Lipinski definition) is 1. The maximum atomic E-state index is 5.47. The zero-order chi connectivity index (χ0) is 16.8. The number of fused-ring (bicyclic) bond motifs is 1. The minimum absolute atomic E-state index is 0.591. The fourth-order valence-electron chi connectivity index (χ4n) is 2.68. The normalized spacial score (nSPS) is 10.9. The first-order valence-corrected chi connectivity index (χ1v) is 7.77. The van der Waals surface area contributed by atoms with E-state index in [-0.39, 0.29) is 0 Å². The van der Waals surface area contributed by atoms with Gasteiger partial charge < -0.3 is 14.9 Å². The molecule has 0 spiro atoms. The Labute approximate surface area is 141 Å². The minimum Gasteiger partial charge on any atom is -0.496 e. The Morgan fingerprint density at radius 2 is 1.62 bits per heavy atom. The molecular weight excluding hydrogens is 300 g/mol. The molecule has 0 aliphatic rings. The molecule has 0 fully saturated rings. The molecule has 122 valence electrons. The van der Waals surface area contributed by atoms with Gasteiger partial charge in [0.15, 0.2) is 0 Å². The summed E-state index contributed by atoms with van der Waals surface area (Å²) >= 11 is 0. The second-order valence-electron chi connectivity index (χ2n) is 5.31. The first-order chi connectivity index (χ1) is 11.8. The van der Waals surface area contributed by atoms with Gasteiger partial charge in [-0.05, 0) is 22.9 Å². The highest BCUT2D eigenvalue weighted by Crippen LogP contribution is 2.26. The Kier molecular flexibility index (Phi) is 4.96. The molecule has 0 radical (unpaired) electrons. The van der Waals surface area contributed by atoms with Crippen LogP contribution in [0.4, 0.5) is 0 Å². The molecule has 4 heteroatoms. The fraction of sp³-hybridized carbons (Fsp3) is 0.150. The van der Waals surface area contributed by atoms with Crippen LogP contribution in [0.2, 0.25) is 0 Å². The van der Waals surface area contributed by atoms with Crippen LogP contribution < -0.4 is 14.9 Å². The fourth-order valence-corrected chi connectivity index (χ4v) is 2.68. The second kappa shape index (κ2) is 7.51. The predicted molar refractivity (Wildman–Crippen MR) is 97.9 cm³/mol. The van der Waals surface area contributed by atoms with Crippen molar-refractivity contribution in [3.63, 3.8) is 0 Å². The predicted octanol–water partition coefficient (Wildman–Crippen LogP) is 3.98. The Bertz CT molecular complexity index is 859. The lowest BCUT2D eigenvalue weighted by Crippen LogP contribution is -2.07. The van der Waals surface area contributed by atoms with Crippen molar-refractivity contribution in [3.05, 3.63) is 71.8 Å². The van der Waals surface area contributed by atoms with Crippen molar-refractivity contribution >= 4 is 17.0 Å². The summed E-state index contributed by atoms with van der Waals surface area (Å²) in [6, 6.07) is 20.1. The molecule has 0 amide bonds. The molecule has 0 aliphatic heterocycles. The summed E-state index contributed by atoms with van der Waals surface area (Å²) in [5.74, 6) is 1.65. The third kappa shape index (κ3) is 3.33. The first-order valence-electron chi connectivity index (χ1n) is 7.77. The Hall–Kier alpha value is -3.01.